The van der Waals surface area contributed by atoms with Gasteiger partial charge >= 0.3 is 0 Å². The maximum absolute atomic E-state index is 13.0. The van der Waals surface area contributed by atoms with Gasteiger partial charge in [-0.25, -0.2) is 0 Å². The van der Waals surface area contributed by atoms with Crippen LogP contribution in [-0.4, -0.2) is 36.1 Å². The number of ether oxygens (including phenoxy) is 1. The first-order chi connectivity index (χ1) is 14.2. The van der Waals surface area contributed by atoms with E-state index < -0.39 is 0 Å². The van der Waals surface area contributed by atoms with Crippen LogP contribution in [0.4, 0.5) is 0 Å². The zero-order valence-corrected chi connectivity index (χ0v) is 17.2. The highest BCUT2D eigenvalue weighted by Crippen LogP contribution is 2.26. The predicted molar refractivity (Wildman–Crippen MR) is 114 cm³/mol. The van der Waals surface area contributed by atoms with Gasteiger partial charge in [-0.05, 0) is 88.2 Å². The van der Waals surface area contributed by atoms with Crippen molar-refractivity contribution in [2.45, 2.75) is 57.6 Å². The first-order valence-corrected chi connectivity index (χ1v) is 10.9. The van der Waals surface area contributed by atoms with E-state index in [1.54, 1.807) is 6.20 Å². The number of nitrogens with zero attached hydrogens (tertiary/aromatic N) is 1. The largest absolute Gasteiger partial charge is 0.489 e. The molecule has 2 fully saturated rings. The van der Waals surface area contributed by atoms with Crippen molar-refractivity contribution in [3.8, 4) is 5.75 Å². The first kappa shape index (κ1) is 19.9. The summed E-state index contributed by atoms with van der Waals surface area (Å²) in [6, 6.07) is 12.2. The fraction of sp³-hybridized carbons (Fsp3) is 0.500. The molecule has 0 spiro atoms. The molecule has 1 atom stereocenters. The van der Waals surface area contributed by atoms with Crippen LogP contribution in [-0.2, 0) is 6.42 Å². The molecule has 29 heavy (non-hydrogen) atoms. The standard InChI is InChI=1S/C24H31N3O2/c1-17-23(7-4-13-26-17)29-21-10-8-20(9-11-21)27-24(28)22-6-3-2-5-19(22)15-18-12-14-25-16-18/h2-7,13,18,20-21,25H,8-12,14-16H2,1H3,(H,27,28). The minimum atomic E-state index is 0.0685. The van der Waals surface area contributed by atoms with E-state index in [1.165, 1.54) is 12.0 Å². The van der Waals surface area contributed by atoms with Gasteiger partial charge in [-0.1, -0.05) is 18.2 Å². The Hall–Kier alpha value is -2.40. The van der Waals surface area contributed by atoms with Gasteiger partial charge in [-0.15, -0.1) is 0 Å². The predicted octanol–water partition coefficient (Wildman–Crippen LogP) is 3.66. The molecule has 0 radical (unpaired) electrons. The van der Waals surface area contributed by atoms with Gasteiger partial charge in [0.15, 0.2) is 0 Å². The summed E-state index contributed by atoms with van der Waals surface area (Å²) in [6.45, 7) is 4.11. The van der Waals surface area contributed by atoms with Crippen molar-refractivity contribution in [3.63, 3.8) is 0 Å². The lowest BCUT2D eigenvalue weighted by Gasteiger charge is -2.30. The van der Waals surface area contributed by atoms with Crippen molar-refractivity contribution >= 4 is 5.91 Å². The Morgan fingerprint density at radius 3 is 2.72 bits per heavy atom. The molecule has 1 aromatic heterocycles. The summed E-state index contributed by atoms with van der Waals surface area (Å²) in [6.07, 6.45) is 7.96. The molecule has 0 bridgehead atoms. The van der Waals surface area contributed by atoms with Crippen LogP contribution in [0.25, 0.3) is 0 Å². The van der Waals surface area contributed by atoms with Crippen molar-refractivity contribution in [3.05, 3.63) is 59.4 Å². The van der Waals surface area contributed by atoms with Gasteiger partial charge < -0.3 is 15.4 Å². The number of hydrogen-bond donors (Lipinski definition) is 2. The van der Waals surface area contributed by atoms with E-state index >= 15 is 0 Å². The highest BCUT2D eigenvalue weighted by atomic mass is 16.5. The van der Waals surface area contributed by atoms with Gasteiger partial charge in [0.1, 0.15) is 5.75 Å². The number of hydrogen-bond acceptors (Lipinski definition) is 4. The molecule has 1 saturated carbocycles. The molecular formula is C24H31N3O2. The molecule has 1 saturated heterocycles. The molecule has 2 aliphatic rings. The zero-order chi connectivity index (χ0) is 20.1. The van der Waals surface area contributed by atoms with Gasteiger partial charge in [0.2, 0.25) is 0 Å². The van der Waals surface area contributed by atoms with E-state index in [2.05, 4.69) is 21.7 Å². The second kappa shape index (κ2) is 9.40. The Morgan fingerprint density at radius 1 is 1.14 bits per heavy atom. The highest BCUT2D eigenvalue weighted by Gasteiger charge is 2.25. The summed E-state index contributed by atoms with van der Waals surface area (Å²) in [5.41, 5.74) is 2.93. The number of rotatable bonds is 6. The summed E-state index contributed by atoms with van der Waals surface area (Å²) in [5.74, 6) is 1.57. The van der Waals surface area contributed by atoms with E-state index in [1.807, 2.05) is 37.3 Å². The number of aromatic nitrogens is 1. The number of amides is 1. The summed E-state index contributed by atoms with van der Waals surface area (Å²) in [5, 5.41) is 6.69. The summed E-state index contributed by atoms with van der Waals surface area (Å²) < 4.78 is 6.14. The third-order valence-electron chi connectivity index (χ3n) is 6.19. The maximum Gasteiger partial charge on any atom is 0.251 e. The molecule has 154 valence electrons. The zero-order valence-electron chi connectivity index (χ0n) is 17.2. The van der Waals surface area contributed by atoms with Gasteiger partial charge in [0.25, 0.3) is 5.91 Å². The number of aryl methyl sites for hydroxylation is 1. The average molecular weight is 394 g/mol. The monoisotopic (exact) mass is 393 g/mol. The van der Waals surface area contributed by atoms with Crippen molar-refractivity contribution < 1.29 is 9.53 Å². The van der Waals surface area contributed by atoms with Crippen molar-refractivity contribution in [2.75, 3.05) is 13.1 Å². The lowest BCUT2D eigenvalue weighted by atomic mass is 9.91. The molecular weight excluding hydrogens is 362 g/mol. The van der Waals surface area contributed by atoms with Crippen molar-refractivity contribution in [1.82, 2.24) is 15.6 Å². The van der Waals surface area contributed by atoms with Crippen LogP contribution in [0, 0.1) is 12.8 Å². The molecule has 5 heteroatoms. The van der Waals surface area contributed by atoms with Gasteiger partial charge in [-0.2, -0.15) is 0 Å². The Morgan fingerprint density at radius 2 is 1.97 bits per heavy atom. The second-order valence-electron chi connectivity index (χ2n) is 8.37. The SMILES string of the molecule is Cc1ncccc1OC1CCC(NC(=O)c2ccccc2CC2CCNC2)CC1. The molecule has 2 heterocycles. The first-order valence-electron chi connectivity index (χ1n) is 10.9. The van der Waals surface area contributed by atoms with Crippen LogP contribution in [0.2, 0.25) is 0 Å². The average Bonchev–Trinajstić information content (AvgIpc) is 3.24. The van der Waals surface area contributed by atoms with Crippen LogP contribution in [0.3, 0.4) is 0 Å². The molecule has 2 N–H and O–H groups in total. The van der Waals surface area contributed by atoms with E-state index in [9.17, 15) is 4.79 Å². The van der Waals surface area contributed by atoms with Gasteiger partial charge in [0, 0.05) is 17.8 Å². The third kappa shape index (κ3) is 5.15. The minimum Gasteiger partial charge on any atom is -0.489 e. The quantitative estimate of drug-likeness (QED) is 0.786. The number of carbonyl (C=O) groups excluding carboxylic acids is 1. The molecule has 1 aliphatic heterocycles. The van der Waals surface area contributed by atoms with E-state index in [0.29, 0.717) is 5.92 Å². The fourth-order valence-corrected chi connectivity index (χ4v) is 4.48. The molecule has 1 aliphatic carbocycles. The van der Waals surface area contributed by atoms with Crippen LogP contribution in [0.5, 0.6) is 5.75 Å². The molecule has 1 aromatic carbocycles. The Bertz CT molecular complexity index is 824. The fourth-order valence-electron chi connectivity index (χ4n) is 4.48. The number of carbonyl (C=O) groups is 1. The summed E-state index contributed by atoms with van der Waals surface area (Å²) in [7, 11) is 0. The van der Waals surface area contributed by atoms with Crippen molar-refractivity contribution in [1.29, 1.82) is 0 Å². The van der Waals surface area contributed by atoms with Crippen LogP contribution < -0.4 is 15.4 Å². The Kier molecular flexibility index (Phi) is 6.45. The van der Waals surface area contributed by atoms with Gasteiger partial charge in [-0.3, -0.25) is 9.78 Å². The van der Waals surface area contributed by atoms with E-state index in [0.717, 1.165) is 62.2 Å². The number of pyridine rings is 1. The highest BCUT2D eigenvalue weighted by molar-refractivity contribution is 5.95. The lowest BCUT2D eigenvalue weighted by molar-refractivity contribution is 0.0892. The molecule has 1 unspecified atom stereocenters. The normalized spacial score (nSPS) is 24.2. The minimum absolute atomic E-state index is 0.0685. The smallest absolute Gasteiger partial charge is 0.251 e. The molecule has 5 nitrogen and oxygen atoms in total. The summed E-state index contributed by atoms with van der Waals surface area (Å²) in [4.78, 5) is 17.2. The van der Waals surface area contributed by atoms with Crippen molar-refractivity contribution in [2.24, 2.45) is 5.92 Å². The summed E-state index contributed by atoms with van der Waals surface area (Å²) >= 11 is 0. The van der Waals surface area contributed by atoms with Crippen LogP contribution in [0.15, 0.2) is 42.6 Å². The molecule has 4 rings (SSSR count). The maximum atomic E-state index is 13.0. The van der Waals surface area contributed by atoms with Gasteiger partial charge in [0.05, 0.1) is 11.8 Å². The van der Waals surface area contributed by atoms with Crippen LogP contribution >= 0.6 is 0 Å². The van der Waals surface area contributed by atoms with E-state index in [-0.39, 0.29) is 18.1 Å². The number of nitrogens with one attached hydrogen (secondary N) is 2. The third-order valence-corrected chi connectivity index (χ3v) is 6.19. The Labute approximate surface area is 173 Å². The van der Waals surface area contributed by atoms with Crippen LogP contribution in [0.1, 0.15) is 53.7 Å². The topological polar surface area (TPSA) is 63.2 Å². The second-order valence-corrected chi connectivity index (χ2v) is 8.37. The lowest BCUT2D eigenvalue weighted by Crippen LogP contribution is -2.40. The molecule has 2 aromatic rings. The van der Waals surface area contributed by atoms with E-state index in [4.69, 9.17) is 4.74 Å². The Balaban J connectivity index is 1.30. The number of benzene rings is 1. The molecule has 1 amide bonds.